The van der Waals surface area contributed by atoms with Crippen LogP contribution in [0.5, 0.6) is 5.75 Å². The van der Waals surface area contributed by atoms with Crippen LogP contribution in [0.2, 0.25) is 0 Å². The lowest BCUT2D eigenvalue weighted by atomic mass is 10.1. The van der Waals surface area contributed by atoms with Crippen molar-refractivity contribution < 1.29 is 9.13 Å². The van der Waals surface area contributed by atoms with Gasteiger partial charge in [-0.3, -0.25) is 0 Å². The molecular weight excluding hydrogens is 251 g/mol. The maximum absolute atomic E-state index is 13.2. The fourth-order valence-corrected chi connectivity index (χ4v) is 2.20. The van der Waals surface area contributed by atoms with Crippen LogP contribution in [0.25, 0.3) is 0 Å². The maximum Gasteiger partial charge on any atom is 0.131 e. The smallest absolute Gasteiger partial charge is 0.131 e. The first-order valence-electron chi connectivity index (χ1n) is 5.69. The van der Waals surface area contributed by atoms with Crippen LogP contribution in [-0.2, 0) is 13.0 Å². The topological polar surface area (TPSA) is 48.1 Å². The van der Waals surface area contributed by atoms with Crippen molar-refractivity contribution in [3.8, 4) is 5.75 Å². The second kappa shape index (κ2) is 5.93. The Balaban J connectivity index is 2.10. The highest BCUT2D eigenvalue weighted by atomic mass is 32.1. The van der Waals surface area contributed by atoms with Crippen LogP contribution in [0.4, 0.5) is 4.39 Å². The number of rotatable bonds is 5. The van der Waals surface area contributed by atoms with E-state index in [1.165, 1.54) is 23.5 Å². The van der Waals surface area contributed by atoms with Gasteiger partial charge in [-0.05, 0) is 37.1 Å². The van der Waals surface area contributed by atoms with Gasteiger partial charge in [0.05, 0.1) is 11.2 Å². The van der Waals surface area contributed by atoms with Crippen molar-refractivity contribution in [3.05, 3.63) is 46.2 Å². The molecule has 3 nitrogen and oxygen atoms in total. The molecule has 0 amide bonds. The molecule has 2 aromatic rings. The number of halogens is 1. The molecule has 0 fully saturated rings. The fraction of sp³-hybridized carbons (Fsp3) is 0.308. The number of thiazole rings is 1. The van der Waals surface area contributed by atoms with Gasteiger partial charge in [0.25, 0.3) is 0 Å². The van der Waals surface area contributed by atoms with Gasteiger partial charge in [-0.25, -0.2) is 9.37 Å². The monoisotopic (exact) mass is 266 g/mol. The molecule has 18 heavy (non-hydrogen) atoms. The number of hydrogen-bond donors (Lipinski definition) is 1. The molecule has 0 saturated carbocycles. The van der Waals surface area contributed by atoms with E-state index in [4.69, 9.17) is 10.5 Å². The minimum absolute atomic E-state index is 0.0339. The number of aromatic nitrogens is 1. The quantitative estimate of drug-likeness (QED) is 0.905. The minimum atomic E-state index is -0.272. The van der Waals surface area contributed by atoms with E-state index in [1.807, 2.05) is 12.3 Å². The summed E-state index contributed by atoms with van der Waals surface area (Å²) < 4.78 is 18.9. The molecule has 0 spiro atoms. The van der Waals surface area contributed by atoms with E-state index in [1.54, 1.807) is 11.6 Å². The molecule has 0 saturated heterocycles. The standard InChI is InChI=1S/C13H15FN2OS/c1-9(15)4-10-5-11(14)2-3-13(10)17-6-12-7-18-8-16-12/h2-3,5,7-9H,4,6,15H2,1H3. The van der Waals surface area contributed by atoms with Gasteiger partial charge in [0, 0.05) is 11.4 Å². The van der Waals surface area contributed by atoms with Gasteiger partial charge in [-0.15, -0.1) is 11.3 Å². The van der Waals surface area contributed by atoms with Gasteiger partial charge < -0.3 is 10.5 Å². The van der Waals surface area contributed by atoms with Crippen LogP contribution in [0, 0.1) is 5.82 Å². The minimum Gasteiger partial charge on any atom is -0.487 e. The zero-order valence-electron chi connectivity index (χ0n) is 10.1. The molecule has 0 aliphatic rings. The van der Waals surface area contributed by atoms with E-state index < -0.39 is 0 Å². The first-order valence-corrected chi connectivity index (χ1v) is 6.63. The molecule has 1 aromatic heterocycles. The van der Waals surface area contributed by atoms with Crippen molar-refractivity contribution in [2.75, 3.05) is 0 Å². The third-order valence-electron chi connectivity index (χ3n) is 2.42. The first-order chi connectivity index (χ1) is 8.65. The Kier molecular flexibility index (Phi) is 4.28. The van der Waals surface area contributed by atoms with E-state index in [2.05, 4.69) is 4.98 Å². The lowest BCUT2D eigenvalue weighted by Gasteiger charge is -2.12. The summed E-state index contributed by atoms with van der Waals surface area (Å²) in [5.74, 6) is 0.397. The molecule has 2 rings (SSSR count). The Labute approximate surface area is 109 Å². The summed E-state index contributed by atoms with van der Waals surface area (Å²) >= 11 is 1.52. The molecule has 0 bridgehead atoms. The Morgan fingerprint density at radius 1 is 1.50 bits per heavy atom. The summed E-state index contributed by atoms with van der Waals surface area (Å²) in [5, 5.41) is 1.93. The van der Waals surface area contributed by atoms with Crippen molar-refractivity contribution >= 4 is 11.3 Å². The van der Waals surface area contributed by atoms with Crippen molar-refractivity contribution in [1.29, 1.82) is 0 Å². The predicted molar refractivity (Wildman–Crippen MR) is 70.2 cm³/mol. The molecule has 2 N–H and O–H groups in total. The van der Waals surface area contributed by atoms with Crippen molar-refractivity contribution in [1.82, 2.24) is 4.98 Å². The molecule has 0 radical (unpaired) electrons. The summed E-state index contributed by atoms with van der Waals surface area (Å²) in [4.78, 5) is 4.13. The summed E-state index contributed by atoms with van der Waals surface area (Å²) in [6.45, 7) is 2.27. The molecule has 1 atom stereocenters. The van der Waals surface area contributed by atoms with Gasteiger partial charge >= 0.3 is 0 Å². The third-order valence-corrected chi connectivity index (χ3v) is 3.06. The summed E-state index contributed by atoms with van der Waals surface area (Å²) in [7, 11) is 0. The number of nitrogens with two attached hydrogens (primary N) is 1. The number of hydrogen-bond acceptors (Lipinski definition) is 4. The maximum atomic E-state index is 13.2. The SMILES string of the molecule is CC(N)Cc1cc(F)ccc1OCc1cscn1. The zero-order chi connectivity index (χ0) is 13.0. The Bertz CT molecular complexity index is 500. The van der Waals surface area contributed by atoms with E-state index in [0.717, 1.165) is 11.3 Å². The largest absolute Gasteiger partial charge is 0.487 e. The van der Waals surface area contributed by atoms with Gasteiger partial charge in [-0.1, -0.05) is 0 Å². The molecule has 1 heterocycles. The van der Waals surface area contributed by atoms with Gasteiger partial charge in [-0.2, -0.15) is 0 Å². The van der Waals surface area contributed by atoms with E-state index in [-0.39, 0.29) is 11.9 Å². The van der Waals surface area contributed by atoms with Gasteiger partial charge in [0.15, 0.2) is 0 Å². The summed E-state index contributed by atoms with van der Waals surface area (Å²) in [6, 6.07) is 4.47. The van der Waals surface area contributed by atoms with E-state index >= 15 is 0 Å². The highest BCUT2D eigenvalue weighted by Crippen LogP contribution is 2.22. The molecule has 1 aromatic carbocycles. The highest BCUT2D eigenvalue weighted by Gasteiger charge is 2.08. The number of ether oxygens (including phenoxy) is 1. The fourth-order valence-electron chi connectivity index (χ4n) is 1.66. The van der Waals surface area contributed by atoms with Gasteiger partial charge in [0.2, 0.25) is 0 Å². The molecular formula is C13H15FN2OS. The lowest BCUT2D eigenvalue weighted by molar-refractivity contribution is 0.298. The van der Waals surface area contributed by atoms with Crippen molar-refractivity contribution in [3.63, 3.8) is 0 Å². The van der Waals surface area contributed by atoms with Crippen LogP contribution >= 0.6 is 11.3 Å². The van der Waals surface area contributed by atoms with E-state index in [0.29, 0.717) is 18.8 Å². The normalized spacial score (nSPS) is 12.4. The summed E-state index contributed by atoms with van der Waals surface area (Å²) in [6.07, 6.45) is 0.587. The van der Waals surface area contributed by atoms with Crippen molar-refractivity contribution in [2.24, 2.45) is 5.73 Å². The average Bonchev–Trinajstić information content (AvgIpc) is 2.80. The van der Waals surface area contributed by atoms with Crippen molar-refractivity contribution in [2.45, 2.75) is 26.0 Å². The molecule has 5 heteroatoms. The van der Waals surface area contributed by atoms with Gasteiger partial charge in [0.1, 0.15) is 18.2 Å². The molecule has 96 valence electrons. The molecule has 0 aliphatic carbocycles. The summed E-state index contributed by atoms with van der Waals surface area (Å²) in [5.41, 5.74) is 9.16. The second-order valence-electron chi connectivity index (χ2n) is 4.20. The zero-order valence-corrected chi connectivity index (χ0v) is 10.9. The number of benzene rings is 1. The van der Waals surface area contributed by atoms with E-state index in [9.17, 15) is 4.39 Å². The highest BCUT2D eigenvalue weighted by molar-refractivity contribution is 7.07. The van der Waals surface area contributed by atoms with Crippen LogP contribution in [-0.4, -0.2) is 11.0 Å². The van der Waals surface area contributed by atoms with Crippen LogP contribution in [0.3, 0.4) is 0 Å². The predicted octanol–water partition coefficient (Wildman–Crippen LogP) is 2.75. The van der Waals surface area contributed by atoms with Crippen LogP contribution in [0.1, 0.15) is 18.2 Å². The van der Waals surface area contributed by atoms with Crippen LogP contribution in [0.15, 0.2) is 29.1 Å². The molecule has 1 unspecified atom stereocenters. The second-order valence-corrected chi connectivity index (χ2v) is 4.92. The first kappa shape index (κ1) is 13.0. The Morgan fingerprint density at radius 2 is 2.33 bits per heavy atom. The Hall–Kier alpha value is -1.46. The average molecular weight is 266 g/mol. The molecule has 0 aliphatic heterocycles. The third kappa shape index (κ3) is 3.51. The lowest BCUT2D eigenvalue weighted by Crippen LogP contribution is -2.18. The number of nitrogens with zero attached hydrogens (tertiary/aromatic N) is 1. The van der Waals surface area contributed by atoms with Crippen LogP contribution < -0.4 is 10.5 Å². The Morgan fingerprint density at radius 3 is 3.00 bits per heavy atom.